The molecule has 0 fully saturated rings. The zero-order chi connectivity index (χ0) is 17.8. The lowest BCUT2D eigenvalue weighted by Crippen LogP contribution is -2.24. The van der Waals surface area contributed by atoms with Gasteiger partial charge in [0.15, 0.2) is 6.10 Å². The Morgan fingerprint density at radius 1 is 1.12 bits per heavy atom. The standard InChI is InChI=1S/C20H19NO4/c1-13(19(22)17-11-21-18-9-4-3-8-16(17)18)25-20(23)15-7-5-6-14(10-15)12-24-2/h3-11,13,21H,12H2,1-2H3/t13-/m1/s1. The fourth-order valence-corrected chi connectivity index (χ4v) is 2.73. The summed E-state index contributed by atoms with van der Waals surface area (Å²) in [4.78, 5) is 28.0. The highest BCUT2D eigenvalue weighted by Crippen LogP contribution is 2.20. The first kappa shape index (κ1) is 16.9. The number of para-hydroxylation sites is 1. The zero-order valence-corrected chi connectivity index (χ0v) is 14.1. The number of ether oxygens (including phenoxy) is 2. The SMILES string of the molecule is COCc1cccc(C(=O)O[C@H](C)C(=O)c2c[nH]c3ccccc23)c1. The monoisotopic (exact) mass is 337 g/mol. The Morgan fingerprint density at radius 2 is 1.92 bits per heavy atom. The molecular weight excluding hydrogens is 318 g/mol. The molecule has 1 heterocycles. The maximum atomic E-state index is 12.6. The summed E-state index contributed by atoms with van der Waals surface area (Å²) < 4.78 is 10.4. The molecule has 3 rings (SSSR count). The molecule has 3 aromatic rings. The van der Waals surface area contributed by atoms with Crippen LogP contribution >= 0.6 is 0 Å². The molecule has 0 saturated carbocycles. The van der Waals surface area contributed by atoms with E-state index >= 15 is 0 Å². The molecule has 5 nitrogen and oxygen atoms in total. The summed E-state index contributed by atoms with van der Waals surface area (Å²) >= 11 is 0. The van der Waals surface area contributed by atoms with E-state index < -0.39 is 12.1 Å². The Kier molecular flexibility index (Phi) is 4.95. The molecule has 0 aliphatic rings. The Hall–Kier alpha value is -2.92. The van der Waals surface area contributed by atoms with Gasteiger partial charge >= 0.3 is 5.97 Å². The van der Waals surface area contributed by atoms with Crippen molar-refractivity contribution < 1.29 is 19.1 Å². The third-order valence-corrected chi connectivity index (χ3v) is 3.98. The Morgan fingerprint density at radius 3 is 2.72 bits per heavy atom. The smallest absolute Gasteiger partial charge is 0.338 e. The Bertz CT molecular complexity index is 913. The summed E-state index contributed by atoms with van der Waals surface area (Å²) in [5, 5.41) is 0.817. The molecule has 0 spiro atoms. The van der Waals surface area contributed by atoms with Crippen LogP contribution in [0.25, 0.3) is 10.9 Å². The number of esters is 1. The number of aromatic amines is 1. The van der Waals surface area contributed by atoms with E-state index in [-0.39, 0.29) is 5.78 Å². The highest BCUT2D eigenvalue weighted by molar-refractivity contribution is 6.10. The number of nitrogens with one attached hydrogen (secondary N) is 1. The quantitative estimate of drug-likeness (QED) is 0.549. The number of H-pyrrole nitrogens is 1. The first-order valence-corrected chi connectivity index (χ1v) is 7.99. The highest BCUT2D eigenvalue weighted by atomic mass is 16.5. The maximum Gasteiger partial charge on any atom is 0.338 e. The van der Waals surface area contributed by atoms with E-state index in [1.54, 1.807) is 38.4 Å². The van der Waals surface area contributed by atoms with Gasteiger partial charge in [-0.05, 0) is 30.7 Å². The molecule has 128 valence electrons. The van der Waals surface area contributed by atoms with Crippen molar-refractivity contribution in [3.8, 4) is 0 Å². The number of aromatic nitrogens is 1. The molecule has 2 aromatic carbocycles. The van der Waals surface area contributed by atoms with Gasteiger partial charge in [-0.1, -0.05) is 30.3 Å². The topological polar surface area (TPSA) is 68.4 Å². The molecular formula is C20H19NO4. The summed E-state index contributed by atoms with van der Waals surface area (Å²) in [6.45, 7) is 1.99. The van der Waals surface area contributed by atoms with Crippen molar-refractivity contribution in [2.75, 3.05) is 7.11 Å². The van der Waals surface area contributed by atoms with E-state index in [1.807, 2.05) is 30.3 Å². The zero-order valence-electron chi connectivity index (χ0n) is 14.1. The van der Waals surface area contributed by atoms with Crippen molar-refractivity contribution in [1.29, 1.82) is 0 Å². The minimum Gasteiger partial charge on any atom is -0.451 e. The lowest BCUT2D eigenvalue weighted by Gasteiger charge is -2.12. The van der Waals surface area contributed by atoms with Crippen molar-refractivity contribution >= 4 is 22.7 Å². The number of fused-ring (bicyclic) bond motifs is 1. The molecule has 1 aromatic heterocycles. The molecule has 0 radical (unpaired) electrons. The normalized spacial score (nSPS) is 12.1. The van der Waals surface area contributed by atoms with Crippen LogP contribution in [0.1, 0.15) is 33.2 Å². The van der Waals surface area contributed by atoms with E-state index in [1.165, 1.54) is 0 Å². The van der Waals surface area contributed by atoms with Crippen LogP contribution in [0.2, 0.25) is 0 Å². The second-order valence-electron chi connectivity index (χ2n) is 5.79. The van der Waals surface area contributed by atoms with Crippen molar-refractivity contribution in [2.45, 2.75) is 19.6 Å². The number of hydrogen-bond acceptors (Lipinski definition) is 4. The number of carbonyl (C=O) groups is 2. The lowest BCUT2D eigenvalue weighted by atomic mass is 10.1. The number of hydrogen-bond donors (Lipinski definition) is 1. The van der Waals surface area contributed by atoms with Crippen LogP contribution in [-0.4, -0.2) is 30.0 Å². The first-order chi connectivity index (χ1) is 12.1. The molecule has 5 heteroatoms. The number of benzene rings is 2. The van der Waals surface area contributed by atoms with Gasteiger partial charge in [-0.3, -0.25) is 4.79 Å². The predicted molar refractivity (Wildman–Crippen MR) is 94.7 cm³/mol. The molecule has 1 atom stereocenters. The average Bonchev–Trinajstić information content (AvgIpc) is 3.05. The van der Waals surface area contributed by atoms with Crippen molar-refractivity contribution in [3.63, 3.8) is 0 Å². The average molecular weight is 337 g/mol. The number of rotatable bonds is 6. The van der Waals surface area contributed by atoms with E-state index in [0.29, 0.717) is 17.7 Å². The summed E-state index contributed by atoms with van der Waals surface area (Å²) in [6, 6.07) is 14.5. The van der Waals surface area contributed by atoms with E-state index in [2.05, 4.69) is 4.98 Å². The Labute approximate surface area is 145 Å². The van der Waals surface area contributed by atoms with Gasteiger partial charge in [0.25, 0.3) is 0 Å². The minimum absolute atomic E-state index is 0.237. The van der Waals surface area contributed by atoms with Gasteiger partial charge in [0, 0.05) is 29.8 Å². The highest BCUT2D eigenvalue weighted by Gasteiger charge is 2.22. The van der Waals surface area contributed by atoms with E-state index in [0.717, 1.165) is 16.5 Å². The molecule has 0 aliphatic heterocycles. The molecule has 0 amide bonds. The maximum absolute atomic E-state index is 12.6. The third kappa shape index (κ3) is 3.61. The van der Waals surface area contributed by atoms with Gasteiger partial charge in [-0.15, -0.1) is 0 Å². The van der Waals surface area contributed by atoms with Crippen LogP contribution in [0.15, 0.2) is 54.7 Å². The van der Waals surface area contributed by atoms with Crippen LogP contribution in [0.3, 0.4) is 0 Å². The number of ketones is 1. The second kappa shape index (κ2) is 7.32. The van der Waals surface area contributed by atoms with Crippen molar-refractivity contribution in [1.82, 2.24) is 4.98 Å². The van der Waals surface area contributed by atoms with Gasteiger partial charge in [0.1, 0.15) is 0 Å². The number of carbonyl (C=O) groups excluding carboxylic acids is 2. The first-order valence-electron chi connectivity index (χ1n) is 7.99. The van der Waals surface area contributed by atoms with Gasteiger partial charge in [0.2, 0.25) is 5.78 Å². The molecule has 0 aliphatic carbocycles. The van der Waals surface area contributed by atoms with Crippen molar-refractivity contribution in [2.24, 2.45) is 0 Å². The van der Waals surface area contributed by atoms with Gasteiger partial charge in [0.05, 0.1) is 12.2 Å². The van der Waals surface area contributed by atoms with Crippen LogP contribution in [0, 0.1) is 0 Å². The summed E-state index contributed by atoms with van der Waals surface area (Å²) in [6.07, 6.45) is 0.772. The summed E-state index contributed by atoms with van der Waals surface area (Å²) in [5.74, 6) is -0.766. The van der Waals surface area contributed by atoms with E-state index in [4.69, 9.17) is 9.47 Å². The fraction of sp³-hybridized carbons (Fsp3) is 0.200. The minimum atomic E-state index is -0.877. The third-order valence-electron chi connectivity index (χ3n) is 3.98. The molecule has 0 saturated heterocycles. The van der Waals surface area contributed by atoms with Crippen LogP contribution < -0.4 is 0 Å². The van der Waals surface area contributed by atoms with Gasteiger partial charge in [-0.2, -0.15) is 0 Å². The van der Waals surface area contributed by atoms with Gasteiger partial charge < -0.3 is 14.5 Å². The number of methoxy groups -OCH3 is 1. The molecule has 1 N–H and O–H groups in total. The van der Waals surface area contributed by atoms with Crippen LogP contribution in [0.4, 0.5) is 0 Å². The van der Waals surface area contributed by atoms with Crippen LogP contribution in [-0.2, 0) is 16.1 Å². The van der Waals surface area contributed by atoms with Crippen LogP contribution in [0.5, 0.6) is 0 Å². The van der Waals surface area contributed by atoms with Crippen molar-refractivity contribution in [3.05, 3.63) is 71.4 Å². The van der Waals surface area contributed by atoms with E-state index in [9.17, 15) is 9.59 Å². The summed E-state index contributed by atoms with van der Waals surface area (Å²) in [7, 11) is 1.59. The summed E-state index contributed by atoms with van der Waals surface area (Å²) in [5.41, 5.74) is 2.65. The Balaban J connectivity index is 1.75. The lowest BCUT2D eigenvalue weighted by molar-refractivity contribution is 0.0319. The largest absolute Gasteiger partial charge is 0.451 e. The molecule has 0 bridgehead atoms. The second-order valence-corrected chi connectivity index (χ2v) is 5.79. The molecule has 0 unspecified atom stereocenters. The number of Topliss-reactive ketones (excluding diaryl/α,β-unsaturated/α-hetero) is 1. The predicted octanol–water partition coefficient (Wildman–Crippen LogP) is 3.74. The fourth-order valence-electron chi connectivity index (χ4n) is 2.73. The molecule has 25 heavy (non-hydrogen) atoms. The van der Waals surface area contributed by atoms with Gasteiger partial charge in [-0.25, -0.2) is 4.79 Å².